The van der Waals surface area contributed by atoms with Crippen LogP contribution in [-0.4, -0.2) is 30.2 Å². The second-order valence-corrected chi connectivity index (χ2v) is 5.46. The van der Waals surface area contributed by atoms with Gasteiger partial charge in [-0.25, -0.2) is 9.97 Å². The van der Waals surface area contributed by atoms with E-state index in [0.29, 0.717) is 12.5 Å². The molecule has 0 bridgehead atoms. The first-order valence-electron chi connectivity index (χ1n) is 6.31. The van der Waals surface area contributed by atoms with E-state index in [-0.39, 0.29) is 5.92 Å². The lowest BCUT2D eigenvalue weighted by molar-refractivity contribution is 0.181. The van der Waals surface area contributed by atoms with Crippen molar-refractivity contribution in [2.75, 3.05) is 25.6 Å². The summed E-state index contributed by atoms with van der Waals surface area (Å²) >= 11 is 3.59. The van der Waals surface area contributed by atoms with Crippen molar-refractivity contribution in [2.45, 2.75) is 39.5 Å². The zero-order chi connectivity index (χ0) is 13.7. The lowest BCUT2D eigenvalue weighted by Gasteiger charge is -2.17. The van der Waals surface area contributed by atoms with Crippen molar-refractivity contribution in [2.24, 2.45) is 0 Å². The lowest BCUT2D eigenvalue weighted by atomic mass is 10.1. The number of nitrogens with zero attached hydrogens (tertiary/aromatic N) is 2. The largest absolute Gasteiger partial charge is 0.384 e. The highest BCUT2D eigenvalue weighted by Gasteiger charge is 2.17. The fourth-order valence-corrected chi connectivity index (χ4v) is 2.47. The summed E-state index contributed by atoms with van der Waals surface area (Å²) in [4.78, 5) is 9.23. The molecular formula is C13H22BrN3O. The van der Waals surface area contributed by atoms with Crippen LogP contribution in [0.3, 0.4) is 0 Å². The average molecular weight is 316 g/mol. The van der Waals surface area contributed by atoms with Gasteiger partial charge in [0.1, 0.15) is 11.6 Å². The number of halogens is 1. The van der Waals surface area contributed by atoms with E-state index >= 15 is 0 Å². The number of ether oxygens (including phenoxy) is 1. The van der Waals surface area contributed by atoms with Gasteiger partial charge in [0, 0.05) is 19.6 Å². The van der Waals surface area contributed by atoms with Gasteiger partial charge in [-0.2, -0.15) is 0 Å². The summed E-state index contributed by atoms with van der Waals surface area (Å²) in [6.07, 6.45) is 0. The number of rotatable bonds is 6. The predicted molar refractivity (Wildman–Crippen MR) is 78.3 cm³/mol. The van der Waals surface area contributed by atoms with E-state index in [4.69, 9.17) is 4.74 Å². The molecule has 4 nitrogen and oxygen atoms in total. The van der Waals surface area contributed by atoms with Crippen molar-refractivity contribution in [3.8, 4) is 0 Å². The summed E-state index contributed by atoms with van der Waals surface area (Å²) in [5.41, 5.74) is 1.04. The first-order valence-corrected chi connectivity index (χ1v) is 7.10. The van der Waals surface area contributed by atoms with E-state index in [9.17, 15) is 0 Å². The van der Waals surface area contributed by atoms with Crippen molar-refractivity contribution in [1.82, 2.24) is 9.97 Å². The van der Waals surface area contributed by atoms with Gasteiger partial charge in [0.2, 0.25) is 0 Å². The van der Waals surface area contributed by atoms with Gasteiger partial charge >= 0.3 is 0 Å². The van der Waals surface area contributed by atoms with Gasteiger partial charge in [-0.1, -0.05) is 20.8 Å². The summed E-state index contributed by atoms with van der Waals surface area (Å²) < 4.78 is 6.14. The molecule has 0 spiro atoms. The van der Waals surface area contributed by atoms with E-state index in [1.165, 1.54) is 0 Å². The van der Waals surface area contributed by atoms with Crippen LogP contribution in [0.4, 0.5) is 5.82 Å². The van der Waals surface area contributed by atoms with Crippen LogP contribution in [0, 0.1) is 0 Å². The quantitative estimate of drug-likeness (QED) is 0.872. The first-order chi connectivity index (χ1) is 8.51. The van der Waals surface area contributed by atoms with Gasteiger partial charge in [-0.05, 0) is 28.8 Å². The Hall–Kier alpha value is -0.680. The fourth-order valence-electron chi connectivity index (χ4n) is 1.69. The Bertz CT molecular complexity index is 396. The van der Waals surface area contributed by atoms with Crippen LogP contribution < -0.4 is 5.32 Å². The highest BCUT2D eigenvalue weighted by molar-refractivity contribution is 9.10. The molecule has 0 fully saturated rings. The Labute approximate surface area is 118 Å². The maximum Gasteiger partial charge on any atom is 0.144 e. The van der Waals surface area contributed by atoms with E-state index in [1.54, 1.807) is 7.11 Å². The van der Waals surface area contributed by atoms with Crippen LogP contribution in [0.15, 0.2) is 4.47 Å². The van der Waals surface area contributed by atoms with Crippen LogP contribution >= 0.6 is 15.9 Å². The molecule has 1 aromatic rings. The van der Waals surface area contributed by atoms with Crippen LogP contribution in [0.5, 0.6) is 0 Å². The normalized spacial score (nSPS) is 12.8. The third kappa shape index (κ3) is 3.65. The molecule has 1 heterocycles. The molecule has 1 rings (SSSR count). The van der Waals surface area contributed by atoms with Crippen molar-refractivity contribution in [3.63, 3.8) is 0 Å². The average Bonchev–Trinajstić information content (AvgIpc) is 2.31. The minimum absolute atomic E-state index is 0.193. The van der Waals surface area contributed by atoms with E-state index in [2.05, 4.69) is 58.9 Å². The van der Waals surface area contributed by atoms with Gasteiger partial charge in [0.15, 0.2) is 0 Å². The van der Waals surface area contributed by atoms with E-state index < -0.39 is 0 Å². The zero-order valence-corrected chi connectivity index (χ0v) is 13.3. The molecule has 0 aliphatic carbocycles. The molecule has 18 heavy (non-hydrogen) atoms. The van der Waals surface area contributed by atoms with Crippen molar-refractivity contribution < 1.29 is 4.74 Å². The SMILES string of the molecule is CCNc1nc(C(C)COC)nc(C(C)C)c1Br. The zero-order valence-electron chi connectivity index (χ0n) is 11.7. The number of hydrogen-bond donors (Lipinski definition) is 1. The summed E-state index contributed by atoms with van der Waals surface area (Å²) in [5.74, 6) is 2.25. The molecule has 0 aliphatic heterocycles. The van der Waals surface area contributed by atoms with Crippen LogP contribution in [0.25, 0.3) is 0 Å². The van der Waals surface area contributed by atoms with Gasteiger partial charge in [-0.15, -0.1) is 0 Å². The third-order valence-electron chi connectivity index (χ3n) is 2.64. The predicted octanol–water partition coefficient (Wildman–Crippen LogP) is 3.54. The van der Waals surface area contributed by atoms with Crippen molar-refractivity contribution in [1.29, 1.82) is 0 Å². The Morgan fingerprint density at radius 3 is 2.44 bits per heavy atom. The lowest BCUT2D eigenvalue weighted by Crippen LogP contribution is -2.13. The molecule has 0 radical (unpaired) electrons. The minimum atomic E-state index is 0.193. The molecule has 1 N–H and O–H groups in total. The topological polar surface area (TPSA) is 47.0 Å². The fraction of sp³-hybridized carbons (Fsp3) is 0.692. The minimum Gasteiger partial charge on any atom is -0.384 e. The van der Waals surface area contributed by atoms with Crippen molar-refractivity contribution >= 4 is 21.7 Å². The summed E-state index contributed by atoms with van der Waals surface area (Å²) in [5, 5.41) is 3.27. The number of aromatic nitrogens is 2. The molecule has 0 saturated heterocycles. The maximum atomic E-state index is 5.18. The molecule has 0 amide bonds. The highest BCUT2D eigenvalue weighted by atomic mass is 79.9. The Balaban J connectivity index is 3.19. The summed E-state index contributed by atoms with van der Waals surface area (Å²) in [6, 6.07) is 0. The molecule has 102 valence electrons. The highest BCUT2D eigenvalue weighted by Crippen LogP contribution is 2.30. The molecule has 0 aromatic carbocycles. The molecular weight excluding hydrogens is 294 g/mol. The van der Waals surface area contributed by atoms with Crippen LogP contribution in [0.1, 0.15) is 51.0 Å². The van der Waals surface area contributed by atoms with Crippen molar-refractivity contribution in [3.05, 3.63) is 16.0 Å². The second kappa shape index (κ2) is 7.04. The molecule has 0 aliphatic rings. The van der Waals surface area contributed by atoms with Crippen LogP contribution in [-0.2, 0) is 4.74 Å². The number of hydrogen-bond acceptors (Lipinski definition) is 4. The Kier molecular flexibility index (Phi) is 6.02. The molecule has 0 saturated carbocycles. The monoisotopic (exact) mass is 315 g/mol. The molecule has 1 unspecified atom stereocenters. The van der Waals surface area contributed by atoms with E-state index in [1.807, 2.05) is 0 Å². The van der Waals surface area contributed by atoms with Gasteiger partial charge in [-0.3, -0.25) is 0 Å². The van der Waals surface area contributed by atoms with E-state index in [0.717, 1.165) is 28.4 Å². The Morgan fingerprint density at radius 1 is 1.28 bits per heavy atom. The van der Waals surface area contributed by atoms with Gasteiger partial charge < -0.3 is 10.1 Å². The number of nitrogens with one attached hydrogen (secondary N) is 1. The standard InChI is InChI=1S/C13H22BrN3O/c1-6-15-13-10(14)11(8(2)3)16-12(17-13)9(4)7-18-5/h8-9H,6-7H2,1-5H3,(H,15,16,17). The number of anilines is 1. The smallest absolute Gasteiger partial charge is 0.144 e. The first kappa shape index (κ1) is 15.4. The molecule has 5 heteroatoms. The van der Waals surface area contributed by atoms with Crippen LogP contribution in [0.2, 0.25) is 0 Å². The van der Waals surface area contributed by atoms with Gasteiger partial charge in [0.05, 0.1) is 16.8 Å². The molecule has 1 atom stereocenters. The Morgan fingerprint density at radius 2 is 1.94 bits per heavy atom. The summed E-state index contributed by atoms with van der Waals surface area (Å²) in [7, 11) is 1.70. The molecule has 1 aromatic heterocycles. The second-order valence-electron chi connectivity index (χ2n) is 4.67. The van der Waals surface area contributed by atoms with Gasteiger partial charge in [0.25, 0.3) is 0 Å². The maximum absolute atomic E-state index is 5.18. The number of methoxy groups -OCH3 is 1. The summed E-state index contributed by atoms with van der Waals surface area (Å²) in [6.45, 7) is 9.87. The third-order valence-corrected chi connectivity index (χ3v) is 3.42.